The molecule has 2 aliphatic rings. The van der Waals surface area contributed by atoms with Crippen LogP contribution in [-0.2, 0) is 20.7 Å². The third-order valence-corrected chi connectivity index (χ3v) is 6.75. The van der Waals surface area contributed by atoms with Crippen LogP contribution in [0.3, 0.4) is 0 Å². The molecule has 0 spiro atoms. The van der Waals surface area contributed by atoms with E-state index >= 15 is 0 Å². The van der Waals surface area contributed by atoms with E-state index in [-0.39, 0.29) is 24.8 Å². The lowest BCUT2D eigenvalue weighted by Gasteiger charge is -2.19. The molecular weight excluding hydrogens is 386 g/mol. The number of hydrogen-bond donors (Lipinski definition) is 1. The number of aryl methyl sites for hydroxylation is 1. The number of thiophene rings is 1. The van der Waals surface area contributed by atoms with Crippen molar-refractivity contribution in [1.29, 1.82) is 0 Å². The number of fused-ring (bicyclic) bond motifs is 1. The SMILES string of the molecule is CCOC(=O)c1c(NC(=O)CC2SC3=NCCCN3C2=O)sc(C)c1CC. The van der Waals surface area contributed by atoms with E-state index in [1.807, 2.05) is 13.8 Å². The van der Waals surface area contributed by atoms with Crippen molar-refractivity contribution < 1.29 is 19.1 Å². The van der Waals surface area contributed by atoms with E-state index in [4.69, 9.17) is 4.74 Å². The normalized spacial score (nSPS) is 18.9. The number of hydrogen-bond acceptors (Lipinski definition) is 7. The number of ether oxygens (including phenoxy) is 1. The highest BCUT2D eigenvalue weighted by atomic mass is 32.2. The lowest BCUT2D eigenvalue weighted by Crippen LogP contribution is -2.36. The van der Waals surface area contributed by atoms with Crippen LogP contribution in [0, 0.1) is 6.92 Å². The molecule has 0 aromatic carbocycles. The molecule has 0 bridgehead atoms. The Morgan fingerprint density at radius 3 is 2.81 bits per heavy atom. The van der Waals surface area contributed by atoms with Crippen molar-refractivity contribution in [3.8, 4) is 0 Å². The Labute approximate surface area is 166 Å². The first-order valence-corrected chi connectivity index (χ1v) is 10.8. The minimum Gasteiger partial charge on any atom is -0.462 e. The van der Waals surface area contributed by atoms with Gasteiger partial charge in [0, 0.05) is 24.4 Å². The molecule has 0 saturated carbocycles. The maximum Gasteiger partial charge on any atom is 0.341 e. The van der Waals surface area contributed by atoms with Crippen molar-refractivity contribution in [3.05, 3.63) is 16.0 Å². The predicted octanol–water partition coefficient (Wildman–Crippen LogP) is 2.83. The second kappa shape index (κ2) is 8.43. The number of thioether (sulfide) groups is 1. The third-order valence-electron chi connectivity index (χ3n) is 4.47. The highest BCUT2D eigenvalue weighted by molar-refractivity contribution is 8.15. The van der Waals surface area contributed by atoms with E-state index in [0.717, 1.165) is 28.6 Å². The Bertz CT molecular complexity index is 803. The third kappa shape index (κ3) is 4.03. The number of aliphatic imine (C=N–C) groups is 1. The van der Waals surface area contributed by atoms with Gasteiger partial charge in [0.2, 0.25) is 11.8 Å². The minimum atomic E-state index is -0.459. The van der Waals surface area contributed by atoms with E-state index in [1.165, 1.54) is 23.1 Å². The molecule has 7 nitrogen and oxygen atoms in total. The smallest absolute Gasteiger partial charge is 0.341 e. The molecule has 2 aliphatic heterocycles. The van der Waals surface area contributed by atoms with E-state index < -0.39 is 11.2 Å². The molecule has 1 aromatic rings. The molecule has 3 rings (SSSR count). The zero-order valence-electron chi connectivity index (χ0n) is 15.7. The molecule has 3 heterocycles. The van der Waals surface area contributed by atoms with Crippen molar-refractivity contribution >= 4 is 51.1 Å². The number of amidine groups is 1. The number of carbonyl (C=O) groups excluding carboxylic acids is 3. The maximum atomic E-state index is 12.6. The minimum absolute atomic E-state index is 0.0552. The van der Waals surface area contributed by atoms with Crippen molar-refractivity contribution in [2.45, 2.75) is 45.3 Å². The summed E-state index contributed by atoms with van der Waals surface area (Å²) in [5, 5.41) is 3.59. The summed E-state index contributed by atoms with van der Waals surface area (Å²) >= 11 is 2.72. The first kappa shape index (κ1) is 19.9. The number of carbonyl (C=O) groups is 3. The zero-order chi connectivity index (χ0) is 19.6. The van der Waals surface area contributed by atoms with Crippen LogP contribution in [0.15, 0.2) is 4.99 Å². The molecule has 0 aliphatic carbocycles. The fourth-order valence-electron chi connectivity index (χ4n) is 3.23. The molecular formula is C18H23N3O4S2. The number of rotatable bonds is 6. The average Bonchev–Trinajstić information content (AvgIpc) is 3.12. The molecule has 0 radical (unpaired) electrons. The Hall–Kier alpha value is -1.87. The summed E-state index contributed by atoms with van der Waals surface area (Å²) in [5.74, 6) is -0.765. The lowest BCUT2D eigenvalue weighted by molar-refractivity contribution is -0.128. The molecule has 1 unspecified atom stereocenters. The summed E-state index contributed by atoms with van der Waals surface area (Å²) in [4.78, 5) is 44.4. The van der Waals surface area contributed by atoms with Gasteiger partial charge in [-0.3, -0.25) is 19.5 Å². The van der Waals surface area contributed by atoms with E-state index in [2.05, 4.69) is 10.3 Å². The van der Waals surface area contributed by atoms with Crippen molar-refractivity contribution in [3.63, 3.8) is 0 Å². The van der Waals surface area contributed by atoms with Gasteiger partial charge in [-0.15, -0.1) is 11.3 Å². The Morgan fingerprint density at radius 2 is 2.15 bits per heavy atom. The van der Waals surface area contributed by atoms with Gasteiger partial charge in [0.05, 0.1) is 12.2 Å². The number of amides is 2. The van der Waals surface area contributed by atoms with Gasteiger partial charge < -0.3 is 10.1 Å². The highest BCUT2D eigenvalue weighted by Crippen LogP contribution is 2.35. The molecule has 27 heavy (non-hydrogen) atoms. The Kier molecular flexibility index (Phi) is 6.21. The Balaban J connectivity index is 1.73. The monoisotopic (exact) mass is 409 g/mol. The molecule has 1 N–H and O–H groups in total. The van der Waals surface area contributed by atoms with Gasteiger partial charge in [0.15, 0.2) is 5.17 Å². The highest BCUT2D eigenvalue weighted by Gasteiger charge is 2.40. The van der Waals surface area contributed by atoms with Crippen LogP contribution in [-0.4, -0.2) is 52.8 Å². The molecule has 1 aromatic heterocycles. The quantitative estimate of drug-likeness (QED) is 0.730. The average molecular weight is 410 g/mol. The number of nitrogens with zero attached hydrogens (tertiary/aromatic N) is 2. The fourth-order valence-corrected chi connectivity index (χ4v) is 5.57. The predicted molar refractivity (Wildman–Crippen MR) is 108 cm³/mol. The molecule has 1 saturated heterocycles. The molecule has 9 heteroatoms. The number of anilines is 1. The van der Waals surface area contributed by atoms with E-state index in [9.17, 15) is 14.4 Å². The van der Waals surface area contributed by atoms with Gasteiger partial charge in [-0.2, -0.15) is 0 Å². The van der Waals surface area contributed by atoms with Gasteiger partial charge >= 0.3 is 5.97 Å². The standard InChI is InChI=1S/C18H23N3O4S2/c1-4-11-10(3)26-15(14(11)17(24)25-5-2)20-13(22)9-12-16(23)21-8-6-7-19-18(21)27-12/h12H,4-9H2,1-3H3,(H,20,22). The zero-order valence-corrected chi connectivity index (χ0v) is 17.3. The molecule has 146 valence electrons. The molecule has 1 fully saturated rings. The Morgan fingerprint density at radius 1 is 1.37 bits per heavy atom. The van der Waals surface area contributed by atoms with Crippen LogP contribution in [0.4, 0.5) is 5.00 Å². The van der Waals surface area contributed by atoms with Gasteiger partial charge in [0.1, 0.15) is 10.3 Å². The van der Waals surface area contributed by atoms with Gasteiger partial charge in [-0.1, -0.05) is 18.7 Å². The van der Waals surface area contributed by atoms with Gasteiger partial charge in [-0.25, -0.2) is 4.79 Å². The van der Waals surface area contributed by atoms with Crippen LogP contribution in [0.25, 0.3) is 0 Å². The summed E-state index contributed by atoms with van der Waals surface area (Å²) in [6.07, 6.45) is 1.59. The molecule has 2 amide bonds. The topological polar surface area (TPSA) is 88.1 Å². The van der Waals surface area contributed by atoms with Crippen molar-refractivity contribution in [2.24, 2.45) is 4.99 Å². The van der Waals surface area contributed by atoms with Crippen molar-refractivity contribution in [2.75, 3.05) is 25.0 Å². The van der Waals surface area contributed by atoms with Crippen LogP contribution in [0.5, 0.6) is 0 Å². The van der Waals surface area contributed by atoms with Crippen LogP contribution in [0.2, 0.25) is 0 Å². The van der Waals surface area contributed by atoms with Gasteiger partial charge in [-0.05, 0) is 32.3 Å². The summed E-state index contributed by atoms with van der Waals surface area (Å²) in [6.45, 7) is 7.31. The fraction of sp³-hybridized carbons (Fsp3) is 0.556. The lowest BCUT2D eigenvalue weighted by atomic mass is 10.1. The van der Waals surface area contributed by atoms with Crippen LogP contribution in [0.1, 0.15) is 47.5 Å². The largest absolute Gasteiger partial charge is 0.462 e. The van der Waals surface area contributed by atoms with Gasteiger partial charge in [0.25, 0.3) is 0 Å². The second-order valence-corrected chi connectivity index (χ2v) is 8.68. The van der Waals surface area contributed by atoms with Crippen LogP contribution < -0.4 is 5.32 Å². The summed E-state index contributed by atoms with van der Waals surface area (Å²) < 4.78 is 5.16. The van der Waals surface area contributed by atoms with Crippen LogP contribution >= 0.6 is 23.1 Å². The maximum absolute atomic E-state index is 12.6. The summed E-state index contributed by atoms with van der Waals surface area (Å²) in [7, 11) is 0. The first-order valence-electron chi connectivity index (χ1n) is 9.07. The van der Waals surface area contributed by atoms with E-state index in [0.29, 0.717) is 23.5 Å². The number of esters is 1. The summed E-state index contributed by atoms with van der Waals surface area (Å²) in [5.41, 5.74) is 1.33. The number of nitrogens with one attached hydrogen (secondary N) is 1. The first-order chi connectivity index (χ1) is 13.0. The second-order valence-electron chi connectivity index (χ2n) is 6.28. The van der Waals surface area contributed by atoms with Crippen molar-refractivity contribution in [1.82, 2.24) is 4.90 Å². The van der Waals surface area contributed by atoms with E-state index in [1.54, 1.807) is 11.8 Å². The molecule has 1 atom stereocenters. The summed E-state index contributed by atoms with van der Waals surface area (Å²) in [6, 6.07) is 0.